The van der Waals surface area contributed by atoms with Gasteiger partial charge in [-0.2, -0.15) is 17.2 Å². The number of hydrogen-bond acceptors (Lipinski definition) is 10. The molecule has 8 aliphatic rings. The first-order valence-electron chi connectivity index (χ1n) is 14.2. The maximum atomic E-state index is 13.8. The molecule has 8 fully saturated rings. The first-order valence-corrected chi connectivity index (χ1v) is 15.7. The van der Waals surface area contributed by atoms with E-state index in [0.29, 0.717) is 44.4 Å². The third-order valence-electron chi connectivity index (χ3n) is 10.7. The molecule has 2 N–H and O–H groups in total. The van der Waals surface area contributed by atoms with E-state index in [1.54, 1.807) is 0 Å². The molecule has 8 rings (SSSR count). The van der Waals surface area contributed by atoms with Crippen molar-refractivity contribution in [2.45, 2.75) is 81.7 Å². The molecule has 0 aromatic heterocycles. The van der Waals surface area contributed by atoms with Crippen molar-refractivity contribution < 1.29 is 60.2 Å². The van der Waals surface area contributed by atoms with Crippen molar-refractivity contribution in [3.63, 3.8) is 0 Å². The summed E-state index contributed by atoms with van der Waals surface area (Å²) in [6.07, 6.45) is 2.92. The van der Waals surface area contributed by atoms with Crippen LogP contribution in [0.5, 0.6) is 0 Å². The number of carbonyl (C=O) groups is 4. The number of halogens is 2. The zero-order valence-electron chi connectivity index (χ0n) is 22.3. The normalized spacial score (nSPS) is 41.3. The monoisotopic (exact) mass is 604 g/mol. The Morgan fingerprint density at radius 2 is 1.32 bits per heavy atom. The van der Waals surface area contributed by atoms with Crippen LogP contribution in [0.1, 0.15) is 64.2 Å². The maximum Gasteiger partial charge on any atom is 0.465 e. The number of alkyl halides is 2. The van der Waals surface area contributed by atoms with Crippen LogP contribution < -0.4 is 0 Å². The molecular weight excluding hydrogens is 570 g/mol. The van der Waals surface area contributed by atoms with Crippen LogP contribution in [0.15, 0.2) is 0 Å². The van der Waals surface area contributed by atoms with Gasteiger partial charge in [0.2, 0.25) is 0 Å². The van der Waals surface area contributed by atoms with Crippen LogP contribution in [-0.2, 0) is 43.5 Å². The summed E-state index contributed by atoms with van der Waals surface area (Å²) in [6, 6.07) is 0. The zero-order valence-corrected chi connectivity index (χ0v) is 23.2. The summed E-state index contributed by atoms with van der Waals surface area (Å²) in [5, 5.41) is 5.34. The summed E-state index contributed by atoms with van der Waals surface area (Å²) in [5.41, 5.74) is -1.64. The Morgan fingerprint density at radius 3 is 1.80 bits per heavy atom. The topological polar surface area (TPSA) is 171 Å². The summed E-state index contributed by atoms with van der Waals surface area (Å²) in [5.74, 6) is -3.80. The second-order valence-electron chi connectivity index (χ2n) is 13.5. The molecule has 14 heteroatoms. The lowest BCUT2D eigenvalue weighted by Gasteiger charge is -2.57. The van der Waals surface area contributed by atoms with Crippen LogP contribution in [0.4, 0.5) is 8.78 Å². The van der Waals surface area contributed by atoms with Gasteiger partial charge >= 0.3 is 33.3 Å². The SMILES string of the molecule is O=C1C2CC3CC1CC(C(=O)OCC(O)COC(=O)C14CC5CC(C1)C(OC(=O)C(F)(F)S(=O)(=O)O)C(C5)C4)(C3)C2. The van der Waals surface area contributed by atoms with Gasteiger partial charge in [0.25, 0.3) is 0 Å². The van der Waals surface area contributed by atoms with Crippen LogP contribution >= 0.6 is 0 Å². The van der Waals surface area contributed by atoms with Gasteiger partial charge in [0.1, 0.15) is 31.2 Å². The van der Waals surface area contributed by atoms with Gasteiger partial charge in [-0.3, -0.25) is 18.9 Å². The lowest BCUT2D eigenvalue weighted by atomic mass is 9.48. The second kappa shape index (κ2) is 9.66. The Hall–Kier alpha value is -2.19. The number of ketones is 1. The average molecular weight is 605 g/mol. The predicted molar refractivity (Wildman–Crippen MR) is 131 cm³/mol. The highest BCUT2D eigenvalue weighted by Gasteiger charge is 2.63. The molecule has 5 unspecified atom stereocenters. The highest BCUT2D eigenvalue weighted by atomic mass is 32.2. The van der Waals surface area contributed by atoms with Crippen molar-refractivity contribution in [3.8, 4) is 0 Å². The highest BCUT2D eigenvalue weighted by Crippen LogP contribution is 2.62. The molecule has 0 aliphatic heterocycles. The third-order valence-corrected chi connectivity index (χ3v) is 11.5. The number of aliphatic hydroxyl groups excluding tert-OH is 1. The van der Waals surface area contributed by atoms with Gasteiger partial charge in [0.05, 0.1) is 10.8 Å². The largest absolute Gasteiger partial charge is 0.465 e. The molecule has 0 radical (unpaired) electrons. The molecule has 0 saturated heterocycles. The van der Waals surface area contributed by atoms with E-state index in [1.165, 1.54) is 0 Å². The Bertz CT molecular complexity index is 1230. The summed E-state index contributed by atoms with van der Waals surface area (Å²) < 4.78 is 73.9. The van der Waals surface area contributed by atoms with Crippen LogP contribution in [0.2, 0.25) is 0 Å². The molecule has 11 nitrogen and oxygen atoms in total. The van der Waals surface area contributed by atoms with Gasteiger partial charge in [-0.05, 0) is 87.9 Å². The number of Topliss-reactive ketones (excluding diaryl/α,β-unsaturated/α-hetero) is 1. The van der Waals surface area contributed by atoms with Gasteiger partial charge in [-0.15, -0.1) is 0 Å². The van der Waals surface area contributed by atoms with Crippen molar-refractivity contribution in [3.05, 3.63) is 0 Å². The molecule has 0 aromatic carbocycles. The molecule has 5 atom stereocenters. The molecular formula is C27H34F2O11S. The minimum absolute atomic E-state index is 0.0649. The lowest BCUT2D eigenvalue weighted by molar-refractivity contribution is -0.204. The summed E-state index contributed by atoms with van der Waals surface area (Å²) in [6.45, 7) is -0.769. The number of hydrogen-bond donors (Lipinski definition) is 2. The van der Waals surface area contributed by atoms with Crippen molar-refractivity contribution in [1.29, 1.82) is 0 Å². The van der Waals surface area contributed by atoms with Crippen LogP contribution in [-0.4, -0.2) is 72.4 Å². The number of esters is 3. The van der Waals surface area contributed by atoms with Crippen LogP contribution in [0.3, 0.4) is 0 Å². The lowest BCUT2D eigenvalue weighted by Crippen LogP contribution is -2.58. The van der Waals surface area contributed by atoms with E-state index in [4.69, 9.17) is 18.8 Å². The molecule has 0 heterocycles. The summed E-state index contributed by atoms with van der Waals surface area (Å²) >= 11 is 0. The maximum absolute atomic E-state index is 13.8. The van der Waals surface area contributed by atoms with Gasteiger partial charge in [-0.1, -0.05) is 0 Å². The molecule has 8 saturated carbocycles. The van der Waals surface area contributed by atoms with Crippen LogP contribution in [0, 0.1) is 46.3 Å². The van der Waals surface area contributed by atoms with Gasteiger partial charge in [-0.25, -0.2) is 4.79 Å². The van der Waals surface area contributed by atoms with E-state index in [0.717, 1.165) is 12.8 Å². The molecule has 228 valence electrons. The molecule has 0 amide bonds. The quantitative estimate of drug-likeness (QED) is 0.224. The molecule has 0 aromatic rings. The van der Waals surface area contributed by atoms with Gasteiger partial charge < -0.3 is 19.3 Å². The molecule has 8 aliphatic carbocycles. The molecule has 8 bridgehead atoms. The predicted octanol–water partition coefficient (Wildman–Crippen LogP) is 2.05. The fourth-order valence-corrected chi connectivity index (χ4v) is 9.67. The number of aliphatic hydroxyl groups is 1. The molecule has 41 heavy (non-hydrogen) atoms. The third kappa shape index (κ3) is 4.77. The second-order valence-corrected chi connectivity index (χ2v) is 15.0. The Labute approximate surface area is 235 Å². The Morgan fingerprint density at radius 1 is 0.854 bits per heavy atom. The van der Waals surface area contributed by atoms with Gasteiger partial charge in [0, 0.05) is 11.8 Å². The Kier molecular flexibility index (Phi) is 6.81. The number of carbonyl (C=O) groups excluding carboxylic acids is 4. The van der Waals surface area contributed by atoms with E-state index in [9.17, 15) is 41.5 Å². The van der Waals surface area contributed by atoms with Crippen molar-refractivity contribution >= 4 is 33.8 Å². The van der Waals surface area contributed by atoms with Crippen LogP contribution in [0.25, 0.3) is 0 Å². The zero-order chi connectivity index (χ0) is 29.5. The van der Waals surface area contributed by atoms with Crippen molar-refractivity contribution in [2.75, 3.05) is 13.2 Å². The van der Waals surface area contributed by atoms with E-state index in [2.05, 4.69) is 0 Å². The van der Waals surface area contributed by atoms with E-state index in [-0.39, 0.29) is 43.0 Å². The van der Waals surface area contributed by atoms with E-state index in [1.807, 2.05) is 0 Å². The number of rotatable bonds is 9. The van der Waals surface area contributed by atoms with E-state index < -0.39 is 74.8 Å². The van der Waals surface area contributed by atoms with Crippen molar-refractivity contribution in [1.82, 2.24) is 0 Å². The first kappa shape index (κ1) is 28.9. The van der Waals surface area contributed by atoms with E-state index >= 15 is 0 Å². The first-order chi connectivity index (χ1) is 19.1. The fraction of sp³-hybridized carbons (Fsp3) is 0.852. The average Bonchev–Trinajstić information content (AvgIpc) is 2.89. The highest BCUT2D eigenvalue weighted by molar-refractivity contribution is 7.87. The minimum atomic E-state index is -5.99. The smallest absolute Gasteiger partial charge is 0.462 e. The summed E-state index contributed by atoms with van der Waals surface area (Å²) in [4.78, 5) is 50.5. The number of ether oxygens (including phenoxy) is 3. The van der Waals surface area contributed by atoms with Crippen molar-refractivity contribution in [2.24, 2.45) is 46.3 Å². The van der Waals surface area contributed by atoms with Gasteiger partial charge in [0.15, 0.2) is 0 Å². The fourth-order valence-electron chi connectivity index (χ4n) is 9.41. The molecule has 0 spiro atoms. The summed E-state index contributed by atoms with van der Waals surface area (Å²) in [7, 11) is -5.99. The Balaban J connectivity index is 1.01. The standard InChI is InChI=1S/C27H34F2O11S/c28-27(29,41(35,36)37)24(34)40-21-17-3-14-4-18(21)10-26(6-14,9-17)23(33)39-12-19(30)11-38-22(32)25-5-13-1-15(7-25)20(31)16(2-13)8-25/h13-19,21,30H,1-12H2,(H,35,36,37). The minimum Gasteiger partial charge on any atom is -0.462 e.